The molecule has 1 unspecified atom stereocenters. The average molecular weight is 263 g/mol. The Hall–Kier alpha value is -1.06. The Morgan fingerprint density at radius 3 is 2.68 bits per heavy atom. The summed E-state index contributed by atoms with van der Waals surface area (Å²) in [6, 6.07) is 6.36. The van der Waals surface area contributed by atoms with Gasteiger partial charge < -0.3 is 15.2 Å². The van der Waals surface area contributed by atoms with Crippen LogP contribution in [0.1, 0.15) is 36.8 Å². The van der Waals surface area contributed by atoms with E-state index in [2.05, 4.69) is 24.4 Å². The SMILES string of the molecule is CCc1ccc(OC)c(C(CO)C2CCNCC2)c1. The highest BCUT2D eigenvalue weighted by Crippen LogP contribution is 2.36. The zero-order valence-corrected chi connectivity index (χ0v) is 12.0. The molecule has 0 radical (unpaired) electrons. The molecule has 1 aromatic carbocycles. The Bertz CT molecular complexity index is 400. The van der Waals surface area contributed by atoms with Gasteiger partial charge in [-0.2, -0.15) is 0 Å². The number of ether oxygens (including phenoxy) is 1. The van der Waals surface area contributed by atoms with Crippen LogP contribution in [0.4, 0.5) is 0 Å². The van der Waals surface area contributed by atoms with E-state index in [-0.39, 0.29) is 12.5 Å². The van der Waals surface area contributed by atoms with Gasteiger partial charge in [-0.05, 0) is 49.9 Å². The summed E-state index contributed by atoms with van der Waals surface area (Å²) >= 11 is 0. The van der Waals surface area contributed by atoms with Crippen molar-refractivity contribution in [2.45, 2.75) is 32.1 Å². The van der Waals surface area contributed by atoms with Gasteiger partial charge in [-0.15, -0.1) is 0 Å². The predicted molar refractivity (Wildman–Crippen MR) is 77.8 cm³/mol. The maximum atomic E-state index is 9.84. The third-order valence-electron chi connectivity index (χ3n) is 4.25. The summed E-state index contributed by atoms with van der Waals surface area (Å²) in [5, 5.41) is 13.2. The van der Waals surface area contributed by atoms with Gasteiger partial charge in [0, 0.05) is 11.5 Å². The molecule has 0 saturated carbocycles. The second kappa shape index (κ2) is 6.92. The number of aliphatic hydroxyl groups excluding tert-OH is 1. The van der Waals surface area contributed by atoms with Crippen molar-refractivity contribution in [2.24, 2.45) is 5.92 Å². The summed E-state index contributed by atoms with van der Waals surface area (Å²) in [6.45, 7) is 4.46. The topological polar surface area (TPSA) is 41.5 Å². The second-order valence-electron chi connectivity index (χ2n) is 5.31. The summed E-state index contributed by atoms with van der Waals surface area (Å²) in [5.74, 6) is 1.66. The fourth-order valence-electron chi connectivity index (χ4n) is 3.04. The molecule has 3 nitrogen and oxygen atoms in total. The van der Waals surface area contributed by atoms with Crippen LogP contribution < -0.4 is 10.1 Å². The van der Waals surface area contributed by atoms with Crippen molar-refractivity contribution in [2.75, 3.05) is 26.8 Å². The van der Waals surface area contributed by atoms with Crippen molar-refractivity contribution in [1.29, 1.82) is 0 Å². The molecular formula is C16H25NO2. The molecule has 3 heteroatoms. The Kier molecular flexibility index (Phi) is 5.23. The Balaban J connectivity index is 2.29. The smallest absolute Gasteiger partial charge is 0.122 e. The van der Waals surface area contributed by atoms with Crippen molar-refractivity contribution in [3.63, 3.8) is 0 Å². The zero-order valence-electron chi connectivity index (χ0n) is 12.0. The minimum Gasteiger partial charge on any atom is -0.496 e. The van der Waals surface area contributed by atoms with Crippen LogP contribution in [0, 0.1) is 5.92 Å². The lowest BCUT2D eigenvalue weighted by Gasteiger charge is -2.31. The van der Waals surface area contributed by atoms with E-state index in [4.69, 9.17) is 4.74 Å². The van der Waals surface area contributed by atoms with Crippen molar-refractivity contribution in [3.05, 3.63) is 29.3 Å². The molecule has 19 heavy (non-hydrogen) atoms. The van der Waals surface area contributed by atoms with Crippen LogP contribution in [0.25, 0.3) is 0 Å². The Morgan fingerprint density at radius 2 is 2.11 bits per heavy atom. The van der Waals surface area contributed by atoms with E-state index in [1.807, 2.05) is 6.07 Å². The van der Waals surface area contributed by atoms with Gasteiger partial charge in [-0.3, -0.25) is 0 Å². The average Bonchev–Trinajstić information content (AvgIpc) is 2.49. The number of rotatable bonds is 5. The zero-order chi connectivity index (χ0) is 13.7. The molecular weight excluding hydrogens is 238 g/mol. The van der Waals surface area contributed by atoms with E-state index >= 15 is 0 Å². The molecule has 0 bridgehead atoms. The van der Waals surface area contributed by atoms with E-state index in [0.29, 0.717) is 5.92 Å². The number of aliphatic hydroxyl groups is 1. The molecule has 1 aliphatic rings. The second-order valence-corrected chi connectivity index (χ2v) is 5.31. The monoisotopic (exact) mass is 263 g/mol. The molecule has 1 aromatic rings. The van der Waals surface area contributed by atoms with Crippen molar-refractivity contribution < 1.29 is 9.84 Å². The van der Waals surface area contributed by atoms with Gasteiger partial charge in [0.05, 0.1) is 13.7 Å². The molecule has 0 aliphatic carbocycles. The van der Waals surface area contributed by atoms with E-state index in [0.717, 1.165) is 38.1 Å². The fourth-order valence-corrected chi connectivity index (χ4v) is 3.04. The standard InChI is InChI=1S/C16H25NO2/c1-3-12-4-5-16(19-2)14(10-12)15(11-18)13-6-8-17-9-7-13/h4-5,10,13,15,17-18H,3,6-9,11H2,1-2H3. The van der Waals surface area contributed by atoms with Crippen molar-refractivity contribution in [3.8, 4) is 5.75 Å². The van der Waals surface area contributed by atoms with Crippen molar-refractivity contribution >= 4 is 0 Å². The van der Waals surface area contributed by atoms with Gasteiger partial charge in [0.1, 0.15) is 5.75 Å². The maximum Gasteiger partial charge on any atom is 0.122 e. The van der Waals surface area contributed by atoms with Crippen LogP contribution in [-0.4, -0.2) is 31.9 Å². The number of aryl methyl sites for hydroxylation is 1. The molecule has 0 aromatic heterocycles. The quantitative estimate of drug-likeness (QED) is 0.856. The molecule has 1 heterocycles. The minimum atomic E-state index is 0.198. The van der Waals surface area contributed by atoms with Gasteiger partial charge in [0.15, 0.2) is 0 Å². The fraction of sp³-hybridized carbons (Fsp3) is 0.625. The first kappa shape index (κ1) is 14.4. The molecule has 2 rings (SSSR count). The minimum absolute atomic E-state index is 0.198. The van der Waals surface area contributed by atoms with Crippen LogP contribution in [0.5, 0.6) is 5.75 Å². The molecule has 1 fully saturated rings. The normalized spacial score (nSPS) is 18.3. The molecule has 0 spiro atoms. The van der Waals surface area contributed by atoms with Crippen LogP contribution in [0.2, 0.25) is 0 Å². The van der Waals surface area contributed by atoms with Gasteiger partial charge in [0.25, 0.3) is 0 Å². The van der Waals surface area contributed by atoms with Crippen LogP contribution >= 0.6 is 0 Å². The largest absolute Gasteiger partial charge is 0.496 e. The van der Waals surface area contributed by atoms with Gasteiger partial charge in [-0.1, -0.05) is 19.1 Å². The first-order valence-electron chi connectivity index (χ1n) is 7.28. The van der Waals surface area contributed by atoms with E-state index in [1.165, 1.54) is 11.1 Å². The summed E-state index contributed by atoms with van der Waals surface area (Å²) in [5.41, 5.74) is 2.49. The number of methoxy groups -OCH3 is 1. The number of benzene rings is 1. The predicted octanol–water partition coefficient (Wildman–Crippen LogP) is 2.33. The third kappa shape index (κ3) is 3.28. The third-order valence-corrected chi connectivity index (χ3v) is 4.25. The Morgan fingerprint density at radius 1 is 1.37 bits per heavy atom. The van der Waals surface area contributed by atoms with Gasteiger partial charge in [0.2, 0.25) is 0 Å². The van der Waals surface area contributed by atoms with E-state index < -0.39 is 0 Å². The van der Waals surface area contributed by atoms with Crippen LogP contribution in [0.3, 0.4) is 0 Å². The first-order valence-corrected chi connectivity index (χ1v) is 7.28. The lowest BCUT2D eigenvalue weighted by atomic mass is 9.80. The first-order chi connectivity index (χ1) is 9.30. The molecule has 1 atom stereocenters. The Labute approximate surface area is 116 Å². The lowest BCUT2D eigenvalue weighted by molar-refractivity contribution is 0.198. The molecule has 1 saturated heterocycles. The van der Waals surface area contributed by atoms with Gasteiger partial charge >= 0.3 is 0 Å². The van der Waals surface area contributed by atoms with Crippen LogP contribution in [0.15, 0.2) is 18.2 Å². The molecule has 1 aliphatic heterocycles. The highest BCUT2D eigenvalue weighted by Gasteiger charge is 2.26. The molecule has 2 N–H and O–H groups in total. The molecule has 0 amide bonds. The number of hydrogen-bond acceptors (Lipinski definition) is 3. The number of hydrogen-bond donors (Lipinski definition) is 2. The highest BCUT2D eigenvalue weighted by atomic mass is 16.5. The summed E-state index contributed by atoms with van der Waals surface area (Å²) in [6.07, 6.45) is 3.27. The van der Waals surface area contributed by atoms with Crippen LogP contribution in [-0.2, 0) is 6.42 Å². The maximum absolute atomic E-state index is 9.84. The molecule has 106 valence electrons. The number of nitrogens with one attached hydrogen (secondary N) is 1. The van der Waals surface area contributed by atoms with Gasteiger partial charge in [-0.25, -0.2) is 0 Å². The lowest BCUT2D eigenvalue weighted by Crippen LogP contribution is -2.32. The summed E-state index contributed by atoms with van der Waals surface area (Å²) in [4.78, 5) is 0. The van der Waals surface area contributed by atoms with E-state index in [9.17, 15) is 5.11 Å². The summed E-state index contributed by atoms with van der Waals surface area (Å²) in [7, 11) is 1.71. The van der Waals surface area contributed by atoms with Crippen molar-refractivity contribution in [1.82, 2.24) is 5.32 Å². The van der Waals surface area contributed by atoms with E-state index in [1.54, 1.807) is 7.11 Å². The summed E-state index contributed by atoms with van der Waals surface area (Å²) < 4.78 is 5.49. The highest BCUT2D eigenvalue weighted by molar-refractivity contribution is 5.40. The number of piperidine rings is 1.